The van der Waals surface area contributed by atoms with Crippen LogP contribution in [0.3, 0.4) is 0 Å². The van der Waals surface area contributed by atoms with Gasteiger partial charge in [0.05, 0.1) is 5.97 Å². The van der Waals surface area contributed by atoms with Gasteiger partial charge < -0.3 is 25.2 Å². The summed E-state index contributed by atoms with van der Waals surface area (Å²) >= 11 is 0. The molecule has 19 heavy (non-hydrogen) atoms. The molecule has 0 saturated heterocycles. The van der Waals surface area contributed by atoms with Gasteiger partial charge in [0.25, 0.3) is 0 Å². The van der Waals surface area contributed by atoms with Crippen molar-refractivity contribution in [1.82, 2.24) is 0 Å². The predicted octanol–water partition coefficient (Wildman–Crippen LogP) is 0.471. The Balaban J connectivity index is -0.0000000459. The monoisotopic (exact) mass is 355 g/mol. The Kier molecular flexibility index (Phi) is 38.2. The average Bonchev–Trinajstić information content (AvgIpc) is 1.99. The zero-order valence-corrected chi connectivity index (χ0v) is 15.6. The molecule has 0 radical (unpaired) electrons. The van der Waals surface area contributed by atoms with Crippen LogP contribution in [-0.2, 0) is 31.0 Å². The summed E-state index contributed by atoms with van der Waals surface area (Å²) < 4.78 is 0. The summed E-state index contributed by atoms with van der Waals surface area (Å²) in [4.78, 5) is 9.49. The number of carboxylic acids is 1. The van der Waals surface area contributed by atoms with Crippen LogP contribution in [0.5, 0.6) is 0 Å². The Hall–Kier alpha value is -0.0269. The van der Waals surface area contributed by atoms with Crippen molar-refractivity contribution in [3.05, 3.63) is 12.2 Å². The summed E-state index contributed by atoms with van der Waals surface area (Å²) in [5, 5.41) is 33.7. The number of aliphatic carboxylic acids is 1. The van der Waals surface area contributed by atoms with Crippen molar-refractivity contribution >= 4 is 5.97 Å². The van der Waals surface area contributed by atoms with Crippen LogP contribution in [0, 0.1) is 0 Å². The molecular weight excluding hydrogens is 327 g/mol. The van der Waals surface area contributed by atoms with E-state index in [1.165, 1.54) is 6.92 Å². The minimum absolute atomic E-state index is 0. The van der Waals surface area contributed by atoms with Crippen LogP contribution in [-0.4, -0.2) is 39.6 Å². The van der Waals surface area contributed by atoms with Crippen molar-refractivity contribution in [2.45, 2.75) is 66.8 Å². The first-order chi connectivity index (χ1) is 7.84. The fraction of sp³-hybridized carbons (Fsp3) is 0.769. The molecule has 0 aromatic rings. The predicted molar refractivity (Wildman–Crippen MR) is 71.9 cm³/mol. The minimum Gasteiger partial charge on any atom is -0.545 e. The van der Waals surface area contributed by atoms with E-state index in [2.05, 4.69) is 6.58 Å². The molecule has 0 bridgehead atoms. The topological polar surface area (TPSA) is 101 Å². The maximum atomic E-state index is 9.49. The maximum Gasteiger partial charge on any atom is 0.0666 e. The van der Waals surface area contributed by atoms with Crippen molar-refractivity contribution in [2.24, 2.45) is 0 Å². The van der Waals surface area contributed by atoms with Crippen LogP contribution in [0.15, 0.2) is 12.2 Å². The van der Waals surface area contributed by atoms with Crippen LogP contribution in [0.25, 0.3) is 0 Å². The van der Waals surface area contributed by atoms with Gasteiger partial charge in [-0.1, -0.05) is 6.58 Å². The molecule has 0 aromatic heterocycles. The third-order valence-corrected chi connectivity index (χ3v) is 0.348. The number of hydrogen-bond donors (Lipinski definition) is 3. The molecule has 0 amide bonds. The number of aliphatic hydroxyl groups excluding tert-OH is 3. The second kappa shape index (κ2) is 23.1. The summed E-state index contributed by atoms with van der Waals surface area (Å²) in [5.41, 5.74) is 0.0648. The van der Waals surface area contributed by atoms with E-state index in [0.29, 0.717) is 0 Å². The third kappa shape index (κ3) is 290. The SMILES string of the molecule is C=C(C)C(=O)[O-].CC(C)O.CC(C)O.CC(C)O.[Zr]. The van der Waals surface area contributed by atoms with Crippen LogP contribution in [0.2, 0.25) is 0 Å². The molecule has 116 valence electrons. The van der Waals surface area contributed by atoms with Crippen LogP contribution >= 0.6 is 0 Å². The van der Waals surface area contributed by atoms with Crippen LogP contribution in [0.4, 0.5) is 0 Å². The van der Waals surface area contributed by atoms with Crippen molar-refractivity contribution in [3.63, 3.8) is 0 Å². The molecule has 6 heteroatoms. The maximum absolute atomic E-state index is 9.49. The van der Waals surface area contributed by atoms with Crippen molar-refractivity contribution in [2.75, 3.05) is 0 Å². The van der Waals surface area contributed by atoms with Crippen LogP contribution in [0.1, 0.15) is 48.5 Å². The number of carboxylic acid groups (broad SMARTS) is 1. The molecule has 0 heterocycles. The number of carbonyl (C=O) groups excluding carboxylic acids is 1. The molecule has 0 spiro atoms. The summed E-state index contributed by atoms with van der Waals surface area (Å²) in [6.07, 6.45) is -0.500. The zero-order valence-electron chi connectivity index (χ0n) is 13.1. The summed E-state index contributed by atoms with van der Waals surface area (Å²) in [6, 6.07) is 0. The van der Waals surface area contributed by atoms with Gasteiger partial charge in [0.1, 0.15) is 0 Å². The first-order valence-corrected chi connectivity index (χ1v) is 5.75. The Bertz CT molecular complexity index is 157. The number of aliphatic hydroxyl groups is 3. The second-order valence-corrected chi connectivity index (χ2v) is 4.35. The molecule has 0 aliphatic carbocycles. The normalized spacial score (nSPS) is 8.05. The molecule has 0 saturated carbocycles. The standard InChI is InChI=1S/C4H6O2.3C3H8O.Zr/c1-3(2)4(5)6;3*1-3(2)4;/h1H2,2H3,(H,5,6);3*3-4H,1-2H3;/p-1. The number of hydrogen-bond acceptors (Lipinski definition) is 5. The minimum atomic E-state index is -1.19. The van der Waals surface area contributed by atoms with Crippen molar-refractivity contribution in [3.8, 4) is 0 Å². The van der Waals surface area contributed by atoms with E-state index in [-0.39, 0.29) is 50.1 Å². The molecule has 0 aliphatic heterocycles. The first kappa shape index (κ1) is 31.4. The van der Waals surface area contributed by atoms with Gasteiger partial charge >= 0.3 is 0 Å². The van der Waals surface area contributed by atoms with Gasteiger partial charge in [-0.15, -0.1) is 0 Å². The molecular formula is C13H29O5Zr-. The molecule has 5 nitrogen and oxygen atoms in total. The van der Waals surface area contributed by atoms with Crippen LogP contribution < -0.4 is 5.11 Å². The second-order valence-electron chi connectivity index (χ2n) is 4.35. The Morgan fingerprint density at radius 2 is 0.947 bits per heavy atom. The molecule has 0 aliphatic rings. The third-order valence-electron chi connectivity index (χ3n) is 0.348. The zero-order chi connectivity index (χ0) is 15.9. The van der Waals surface area contributed by atoms with Gasteiger partial charge in [-0.05, 0) is 54.0 Å². The van der Waals surface area contributed by atoms with E-state index in [0.717, 1.165) is 0 Å². The Labute approximate surface area is 136 Å². The number of rotatable bonds is 1. The van der Waals surface area contributed by atoms with Gasteiger partial charge in [0, 0.05) is 44.5 Å². The molecule has 0 atom stereocenters. The average molecular weight is 357 g/mol. The summed E-state index contributed by atoms with van der Waals surface area (Å²) in [5.74, 6) is -1.19. The molecule has 0 unspecified atom stereocenters. The van der Waals surface area contributed by atoms with Gasteiger partial charge in [0.2, 0.25) is 0 Å². The molecule has 0 fully saturated rings. The van der Waals surface area contributed by atoms with Crippen molar-refractivity contribution in [1.29, 1.82) is 0 Å². The van der Waals surface area contributed by atoms with Crippen molar-refractivity contribution < 1.29 is 51.4 Å². The Morgan fingerprint density at radius 3 is 0.947 bits per heavy atom. The van der Waals surface area contributed by atoms with Gasteiger partial charge in [-0.3, -0.25) is 0 Å². The van der Waals surface area contributed by atoms with E-state index in [4.69, 9.17) is 15.3 Å². The fourth-order valence-electron chi connectivity index (χ4n) is 0. The van der Waals surface area contributed by atoms with E-state index < -0.39 is 5.97 Å². The largest absolute Gasteiger partial charge is 0.545 e. The Morgan fingerprint density at radius 1 is 0.895 bits per heavy atom. The van der Waals surface area contributed by atoms with Gasteiger partial charge in [0.15, 0.2) is 0 Å². The summed E-state index contributed by atoms with van der Waals surface area (Å²) in [6.45, 7) is 14.8. The van der Waals surface area contributed by atoms with Gasteiger partial charge in [-0.25, -0.2) is 0 Å². The molecule has 3 N–H and O–H groups in total. The first-order valence-electron chi connectivity index (χ1n) is 5.75. The van der Waals surface area contributed by atoms with E-state index in [1.54, 1.807) is 41.5 Å². The van der Waals surface area contributed by atoms with E-state index in [9.17, 15) is 9.90 Å². The van der Waals surface area contributed by atoms with Gasteiger partial charge in [-0.2, -0.15) is 0 Å². The van der Waals surface area contributed by atoms with E-state index >= 15 is 0 Å². The quantitative estimate of drug-likeness (QED) is 0.593. The molecule has 0 aromatic carbocycles. The fourth-order valence-corrected chi connectivity index (χ4v) is 0. The number of carbonyl (C=O) groups is 1. The van der Waals surface area contributed by atoms with E-state index in [1.807, 2.05) is 0 Å². The smallest absolute Gasteiger partial charge is 0.0666 e. The molecule has 0 rings (SSSR count). The summed E-state index contributed by atoms with van der Waals surface area (Å²) in [7, 11) is 0.